The molecule has 0 N–H and O–H groups in total. The maximum Gasteiger partial charge on any atom is 0.216 e. The van der Waals surface area contributed by atoms with Crippen molar-refractivity contribution in [1.29, 1.82) is 0 Å². The molecule has 4 aromatic rings. The Labute approximate surface area is 155 Å². The van der Waals surface area contributed by atoms with Gasteiger partial charge in [0, 0.05) is 20.7 Å². The van der Waals surface area contributed by atoms with Gasteiger partial charge in [-0.15, -0.1) is 11.3 Å². The number of hydrogen-bond acceptors (Lipinski definition) is 3. The molecule has 0 aliphatic rings. The predicted octanol–water partition coefficient (Wildman–Crippen LogP) is 6.05. The molecule has 0 aliphatic carbocycles. The second kappa shape index (κ2) is 6.30. The summed E-state index contributed by atoms with van der Waals surface area (Å²) < 4.78 is 27.9. The van der Waals surface area contributed by atoms with Gasteiger partial charge in [0.1, 0.15) is 4.21 Å². The van der Waals surface area contributed by atoms with Crippen LogP contribution in [-0.4, -0.2) is 8.42 Å². The molecule has 2 nitrogen and oxygen atoms in total. The Hall–Kier alpha value is -2.14. The zero-order chi connectivity index (χ0) is 17.4. The summed E-state index contributed by atoms with van der Waals surface area (Å²) in [4.78, 5) is 0.251. The van der Waals surface area contributed by atoms with Gasteiger partial charge in [0.05, 0.1) is 4.90 Å². The lowest BCUT2D eigenvalue weighted by atomic mass is 10.1. The number of halogens is 1. The highest BCUT2D eigenvalue weighted by molar-refractivity contribution is 7.93. The average molecular weight is 385 g/mol. The van der Waals surface area contributed by atoms with Crippen LogP contribution in [0.4, 0.5) is 0 Å². The lowest BCUT2D eigenvalue weighted by Crippen LogP contribution is -2.01. The van der Waals surface area contributed by atoms with Crippen LogP contribution < -0.4 is 0 Å². The van der Waals surface area contributed by atoms with Gasteiger partial charge in [-0.05, 0) is 35.9 Å². The topological polar surface area (TPSA) is 34.1 Å². The normalized spacial score (nSPS) is 11.7. The van der Waals surface area contributed by atoms with E-state index in [9.17, 15) is 8.42 Å². The molecule has 0 spiro atoms. The fraction of sp³-hybridized carbons (Fsp3) is 0. The molecule has 1 heterocycles. The van der Waals surface area contributed by atoms with Crippen molar-refractivity contribution in [2.75, 3.05) is 0 Å². The van der Waals surface area contributed by atoms with Crippen molar-refractivity contribution in [1.82, 2.24) is 0 Å². The van der Waals surface area contributed by atoms with Gasteiger partial charge in [0.2, 0.25) is 9.84 Å². The predicted molar refractivity (Wildman–Crippen MR) is 104 cm³/mol. The molecule has 0 amide bonds. The number of sulfone groups is 1. The van der Waals surface area contributed by atoms with E-state index in [1.54, 1.807) is 24.3 Å². The molecule has 0 radical (unpaired) electrons. The minimum atomic E-state index is -3.64. The van der Waals surface area contributed by atoms with Crippen LogP contribution in [0.25, 0.3) is 21.2 Å². The molecular weight excluding hydrogens is 372 g/mol. The maximum atomic E-state index is 13.3. The molecule has 0 atom stereocenters. The van der Waals surface area contributed by atoms with Crippen LogP contribution in [0.5, 0.6) is 0 Å². The van der Waals surface area contributed by atoms with Crippen molar-refractivity contribution in [3.8, 4) is 11.1 Å². The fourth-order valence-corrected chi connectivity index (χ4v) is 6.10. The van der Waals surface area contributed by atoms with Crippen LogP contribution in [0.3, 0.4) is 0 Å². The zero-order valence-electron chi connectivity index (χ0n) is 13.0. The molecule has 0 saturated heterocycles. The Kier molecular flexibility index (Phi) is 4.12. The highest BCUT2D eigenvalue weighted by Gasteiger charge is 2.26. The van der Waals surface area contributed by atoms with E-state index in [1.807, 2.05) is 54.6 Å². The van der Waals surface area contributed by atoms with E-state index in [0.717, 1.165) is 21.2 Å². The Balaban J connectivity index is 2.03. The van der Waals surface area contributed by atoms with E-state index in [1.165, 1.54) is 11.3 Å². The van der Waals surface area contributed by atoms with Crippen molar-refractivity contribution < 1.29 is 8.42 Å². The van der Waals surface area contributed by atoms with Gasteiger partial charge in [-0.3, -0.25) is 0 Å². The van der Waals surface area contributed by atoms with Crippen molar-refractivity contribution in [3.05, 3.63) is 83.9 Å². The van der Waals surface area contributed by atoms with Crippen LogP contribution in [0.15, 0.2) is 88.0 Å². The molecular formula is C20H13ClO2S2. The van der Waals surface area contributed by atoms with Gasteiger partial charge in [-0.2, -0.15) is 0 Å². The molecule has 1 aromatic heterocycles. The van der Waals surface area contributed by atoms with Crippen LogP contribution in [0.2, 0.25) is 5.02 Å². The molecule has 4 rings (SSSR count). The quantitative estimate of drug-likeness (QED) is 0.430. The third-order valence-electron chi connectivity index (χ3n) is 3.99. The van der Waals surface area contributed by atoms with Crippen LogP contribution >= 0.6 is 22.9 Å². The molecule has 25 heavy (non-hydrogen) atoms. The first kappa shape index (κ1) is 16.3. The first-order valence-corrected chi connectivity index (χ1v) is 10.3. The van der Waals surface area contributed by atoms with Crippen molar-refractivity contribution in [2.45, 2.75) is 9.10 Å². The van der Waals surface area contributed by atoms with Gasteiger partial charge < -0.3 is 0 Å². The third-order valence-corrected chi connectivity index (χ3v) is 7.70. The molecule has 5 heteroatoms. The summed E-state index contributed by atoms with van der Waals surface area (Å²) in [5.41, 5.74) is 1.66. The van der Waals surface area contributed by atoms with Crippen molar-refractivity contribution >= 4 is 42.9 Å². The monoisotopic (exact) mass is 384 g/mol. The largest absolute Gasteiger partial charge is 0.218 e. The maximum absolute atomic E-state index is 13.3. The second-order valence-electron chi connectivity index (χ2n) is 5.58. The molecule has 0 bridgehead atoms. The lowest BCUT2D eigenvalue weighted by molar-refractivity contribution is 0.598. The molecule has 3 aromatic carbocycles. The highest BCUT2D eigenvalue weighted by atomic mass is 35.5. The van der Waals surface area contributed by atoms with Crippen LogP contribution in [-0.2, 0) is 9.84 Å². The van der Waals surface area contributed by atoms with E-state index in [2.05, 4.69) is 0 Å². The number of fused-ring (bicyclic) bond motifs is 1. The minimum absolute atomic E-state index is 0.251. The van der Waals surface area contributed by atoms with Gasteiger partial charge in [-0.1, -0.05) is 60.1 Å². The summed E-state index contributed by atoms with van der Waals surface area (Å²) in [6.07, 6.45) is 0. The molecule has 0 fully saturated rings. The summed E-state index contributed by atoms with van der Waals surface area (Å²) in [6, 6.07) is 23.7. The Morgan fingerprint density at radius 1 is 0.760 bits per heavy atom. The smallest absolute Gasteiger partial charge is 0.216 e. The van der Waals surface area contributed by atoms with Gasteiger partial charge in [0.25, 0.3) is 0 Å². The zero-order valence-corrected chi connectivity index (χ0v) is 15.4. The molecule has 0 saturated carbocycles. The van der Waals surface area contributed by atoms with Crippen molar-refractivity contribution in [2.24, 2.45) is 0 Å². The number of rotatable bonds is 3. The summed E-state index contributed by atoms with van der Waals surface area (Å²) in [5.74, 6) is 0. The second-order valence-corrected chi connectivity index (χ2v) is 9.22. The highest BCUT2D eigenvalue weighted by Crippen LogP contribution is 2.43. The molecule has 0 unspecified atom stereocenters. The third kappa shape index (κ3) is 2.86. The van der Waals surface area contributed by atoms with Gasteiger partial charge in [0.15, 0.2) is 0 Å². The standard InChI is InChI=1S/C20H13ClO2S2/c21-15-10-12-16(13-11-15)25(22,23)20-19(14-6-2-1-3-7-14)17-8-4-5-9-18(17)24-20/h1-13H. The minimum Gasteiger partial charge on any atom is -0.218 e. The first-order valence-electron chi connectivity index (χ1n) is 7.65. The number of hydrogen-bond donors (Lipinski definition) is 0. The first-order chi connectivity index (χ1) is 12.1. The summed E-state index contributed by atoms with van der Waals surface area (Å²) in [6.45, 7) is 0. The van der Waals surface area contributed by atoms with E-state index in [0.29, 0.717) is 9.23 Å². The summed E-state index contributed by atoms with van der Waals surface area (Å²) >= 11 is 7.21. The average Bonchev–Trinajstić information content (AvgIpc) is 3.03. The fourth-order valence-electron chi connectivity index (χ4n) is 2.81. The van der Waals surface area contributed by atoms with E-state index >= 15 is 0 Å². The Morgan fingerprint density at radius 2 is 1.40 bits per heavy atom. The Morgan fingerprint density at radius 3 is 2.12 bits per heavy atom. The van der Waals surface area contributed by atoms with E-state index in [4.69, 9.17) is 11.6 Å². The number of benzene rings is 3. The van der Waals surface area contributed by atoms with E-state index < -0.39 is 9.84 Å². The van der Waals surface area contributed by atoms with Crippen LogP contribution in [0, 0.1) is 0 Å². The molecule has 0 aliphatic heterocycles. The molecule has 124 valence electrons. The summed E-state index contributed by atoms with van der Waals surface area (Å²) in [5, 5.41) is 1.46. The number of thiophene rings is 1. The van der Waals surface area contributed by atoms with Crippen molar-refractivity contribution in [3.63, 3.8) is 0 Å². The SMILES string of the molecule is O=S(=O)(c1ccc(Cl)cc1)c1sc2ccccc2c1-c1ccccc1. The van der Waals surface area contributed by atoms with Crippen LogP contribution in [0.1, 0.15) is 0 Å². The van der Waals surface area contributed by atoms with Gasteiger partial charge in [-0.25, -0.2) is 8.42 Å². The van der Waals surface area contributed by atoms with Gasteiger partial charge >= 0.3 is 0 Å². The van der Waals surface area contributed by atoms with E-state index in [-0.39, 0.29) is 4.90 Å². The lowest BCUT2D eigenvalue weighted by Gasteiger charge is -2.07. The Bertz CT molecular complexity index is 1150. The summed E-state index contributed by atoms with van der Waals surface area (Å²) in [7, 11) is -3.64.